The zero-order chi connectivity index (χ0) is 12.1. The number of aryl methyl sites for hydroxylation is 1. The number of aromatic amines is 1. The van der Waals surface area contributed by atoms with Crippen molar-refractivity contribution < 1.29 is 9.47 Å². The third kappa shape index (κ3) is 3.54. The van der Waals surface area contributed by atoms with Crippen molar-refractivity contribution in [1.82, 2.24) is 15.3 Å². The maximum Gasteiger partial charge on any atom is 0.254 e. The van der Waals surface area contributed by atoms with Crippen molar-refractivity contribution in [2.24, 2.45) is 0 Å². The second-order valence-electron chi connectivity index (χ2n) is 3.89. The molecule has 6 heteroatoms. The van der Waals surface area contributed by atoms with Gasteiger partial charge in [-0.2, -0.15) is 0 Å². The number of hydrogen-bond acceptors (Lipinski definition) is 5. The van der Waals surface area contributed by atoms with E-state index in [0.29, 0.717) is 31.3 Å². The summed E-state index contributed by atoms with van der Waals surface area (Å²) in [5.41, 5.74) is -0.186. The molecule has 1 saturated heterocycles. The quantitative estimate of drug-likeness (QED) is 0.754. The summed E-state index contributed by atoms with van der Waals surface area (Å²) in [5.74, 6) is 0.995. The molecule has 17 heavy (non-hydrogen) atoms. The van der Waals surface area contributed by atoms with Crippen molar-refractivity contribution in [3.05, 3.63) is 22.2 Å². The molecule has 0 saturated carbocycles. The van der Waals surface area contributed by atoms with Crippen molar-refractivity contribution in [2.75, 3.05) is 26.3 Å². The van der Waals surface area contributed by atoms with Gasteiger partial charge in [-0.15, -0.1) is 0 Å². The van der Waals surface area contributed by atoms with Crippen LogP contribution in [0.5, 0.6) is 5.88 Å². The second kappa shape index (κ2) is 5.79. The highest BCUT2D eigenvalue weighted by molar-refractivity contribution is 5.08. The largest absolute Gasteiger partial charge is 0.475 e. The number of morpholine rings is 1. The average molecular weight is 239 g/mol. The number of hydrogen-bond donors (Lipinski definition) is 2. The highest BCUT2D eigenvalue weighted by Crippen LogP contribution is 2.05. The molecule has 1 aromatic rings. The fraction of sp³-hybridized carbons (Fsp3) is 0.636. The molecule has 2 N–H and O–H groups in total. The lowest BCUT2D eigenvalue weighted by Crippen LogP contribution is -2.41. The van der Waals surface area contributed by atoms with Gasteiger partial charge in [0.15, 0.2) is 0 Å². The van der Waals surface area contributed by atoms with Crippen LogP contribution in [0.4, 0.5) is 0 Å². The molecule has 1 aliphatic heterocycles. The molecule has 0 aliphatic carbocycles. The van der Waals surface area contributed by atoms with Crippen molar-refractivity contribution >= 4 is 0 Å². The predicted molar refractivity (Wildman–Crippen MR) is 62.3 cm³/mol. The van der Waals surface area contributed by atoms with Crippen LogP contribution in [0.15, 0.2) is 10.9 Å². The van der Waals surface area contributed by atoms with E-state index in [1.54, 1.807) is 0 Å². The maximum absolute atomic E-state index is 11.3. The Morgan fingerprint density at radius 1 is 1.65 bits per heavy atom. The van der Waals surface area contributed by atoms with E-state index in [1.165, 1.54) is 6.07 Å². The molecule has 0 radical (unpaired) electrons. The van der Waals surface area contributed by atoms with Crippen LogP contribution in [0.1, 0.15) is 12.7 Å². The molecule has 0 aromatic carbocycles. The first-order valence-electron chi connectivity index (χ1n) is 5.83. The van der Waals surface area contributed by atoms with Crippen molar-refractivity contribution in [3.8, 4) is 5.88 Å². The molecule has 0 spiro atoms. The van der Waals surface area contributed by atoms with Gasteiger partial charge in [0.25, 0.3) is 5.56 Å². The Morgan fingerprint density at radius 2 is 2.53 bits per heavy atom. The highest BCUT2D eigenvalue weighted by Gasteiger charge is 2.14. The zero-order valence-corrected chi connectivity index (χ0v) is 9.86. The first-order chi connectivity index (χ1) is 8.28. The molecular weight excluding hydrogens is 222 g/mol. The van der Waals surface area contributed by atoms with Crippen LogP contribution >= 0.6 is 0 Å². The van der Waals surface area contributed by atoms with E-state index >= 15 is 0 Å². The Hall–Kier alpha value is -1.40. The number of rotatable bonds is 4. The summed E-state index contributed by atoms with van der Waals surface area (Å²) < 4.78 is 11.0. The molecule has 1 unspecified atom stereocenters. The van der Waals surface area contributed by atoms with Gasteiger partial charge in [-0.25, -0.2) is 4.98 Å². The van der Waals surface area contributed by atoms with Gasteiger partial charge in [0, 0.05) is 19.5 Å². The summed E-state index contributed by atoms with van der Waals surface area (Å²) in [7, 11) is 0. The van der Waals surface area contributed by atoms with E-state index in [1.807, 2.05) is 6.92 Å². The van der Waals surface area contributed by atoms with E-state index in [0.717, 1.165) is 13.1 Å². The molecule has 6 nitrogen and oxygen atoms in total. The minimum atomic E-state index is -0.186. The van der Waals surface area contributed by atoms with Crippen molar-refractivity contribution in [1.29, 1.82) is 0 Å². The maximum atomic E-state index is 11.3. The van der Waals surface area contributed by atoms with Gasteiger partial charge >= 0.3 is 0 Å². The van der Waals surface area contributed by atoms with Crippen LogP contribution < -0.4 is 15.6 Å². The predicted octanol–water partition coefficient (Wildman–Crippen LogP) is -0.300. The summed E-state index contributed by atoms with van der Waals surface area (Å²) in [6.07, 6.45) is 0.698. The van der Waals surface area contributed by atoms with Crippen LogP contribution in [0.25, 0.3) is 0 Å². The topological polar surface area (TPSA) is 76.2 Å². The molecule has 2 heterocycles. The number of nitrogens with one attached hydrogen (secondary N) is 2. The molecule has 1 fully saturated rings. The molecule has 1 aromatic heterocycles. The summed E-state index contributed by atoms with van der Waals surface area (Å²) in [5, 5.41) is 3.21. The Kier molecular flexibility index (Phi) is 4.11. The lowest BCUT2D eigenvalue weighted by Gasteiger charge is -2.23. The highest BCUT2D eigenvalue weighted by atomic mass is 16.5. The second-order valence-corrected chi connectivity index (χ2v) is 3.89. The molecular formula is C11H17N3O3. The molecule has 0 bridgehead atoms. The van der Waals surface area contributed by atoms with Gasteiger partial charge in [-0.3, -0.25) is 4.79 Å². The van der Waals surface area contributed by atoms with Gasteiger partial charge in [0.05, 0.1) is 12.7 Å². The van der Waals surface area contributed by atoms with Gasteiger partial charge in [0.2, 0.25) is 5.88 Å². The lowest BCUT2D eigenvalue weighted by molar-refractivity contribution is -0.000837. The van der Waals surface area contributed by atoms with Gasteiger partial charge in [-0.1, -0.05) is 6.92 Å². The fourth-order valence-corrected chi connectivity index (χ4v) is 1.63. The Bertz CT molecular complexity index is 413. The molecule has 1 atom stereocenters. The van der Waals surface area contributed by atoms with Gasteiger partial charge in [0.1, 0.15) is 18.5 Å². The Balaban J connectivity index is 1.93. The SMILES string of the molecule is CCc1nc(OCC2CNCCO2)cc(=O)[nH]1. The summed E-state index contributed by atoms with van der Waals surface area (Å²) in [4.78, 5) is 18.1. The third-order valence-corrected chi connectivity index (χ3v) is 2.52. The first kappa shape index (κ1) is 12.1. The minimum absolute atomic E-state index is 0.0231. The van der Waals surface area contributed by atoms with E-state index in [9.17, 15) is 4.79 Å². The molecule has 94 valence electrons. The number of ether oxygens (including phenoxy) is 2. The zero-order valence-electron chi connectivity index (χ0n) is 9.86. The standard InChI is InChI=1S/C11H17N3O3/c1-2-9-13-10(15)5-11(14-9)17-7-8-6-12-3-4-16-8/h5,8,12H,2-4,6-7H2,1H3,(H,13,14,15). The van der Waals surface area contributed by atoms with Crippen LogP contribution in [0.3, 0.4) is 0 Å². The number of nitrogens with zero attached hydrogens (tertiary/aromatic N) is 1. The summed E-state index contributed by atoms with van der Waals surface area (Å²) in [6, 6.07) is 1.36. The monoisotopic (exact) mass is 239 g/mol. The number of aromatic nitrogens is 2. The minimum Gasteiger partial charge on any atom is -0.475 e. The summed E-state index contributed by atoms with van der Waals surface area (Å²) in [6.45, 7) is 4.67. The van der Waals surface area contributed by atoms with E-state index in [-0.39, 0.29) is 11.7 Å². The summed E-state index contributed by atoms with van der Waals surface area (Å²) >= 11 is 0. The van der Waals surface area contributed by atoms with Crippen molar-refractivity contribution in [2.45, 2.75) is 19.4 Å². The van der Waals surface area contributed by atoms with Gasteiger partial charge < -0.3 is 19.8 Å². The van der Waals surface area contributed by atoms with Crippen molar-refractivity contribution in [3.63, 3.8) is 0 Å². The van der Waals surface area contributed by atoms with E-state index in [4.69, 9.17) is 9.47 Å². The third-order valence-electron chi connectivity index (χ3n) is 2.52. The van der Waals surface area contributed by atoms with Crippen LogP contribution in [-0.2, 0) is 11.2 Å². The molecule has 0 amide bonds. The lowest BCUT2D eigenvalue weighted by atomic mass is 10.3. The van der Waals surface area contributed by atoms with E-state index < -0.39 is 0 Å². The normalized spacial score (nSPS) is 20.2. The van der Waals surface area contributed by atoms with Gasteiger partial charge in [-0.05, 0) is 0 Å². The molecule has 1 aliphatic rings. The van der Waals surface area contributed by atoms with Crippen LogP contribution in [-0.4, -0.2) is 42.4 Å². The Morgan fingerprint density at radius 3 is 3.24 bits per heavy atom. The average Bonchev–Trinajstić information content (AvgIpc) is 2.37. The Labute approximate surface area is 99.4 Å². The fourth-order valence-electron chi connectivity index (χ4n) is 1.63. The van der Waals surface area contributed by atoms with Crippen LogP contribution in [0.2, 0.25) is 0 Å². The number of H-pyrrole nitrogens is 1. The molecule has 2 rings (SSSR count). The first-order valence-corrected chi connectivity index (χ1v) is 5.83. The van der Waals surface area contributed by atoms with Crippen LogP contribution in [0, 0.1) is 0 Å². The van der Waals surface area contributed by atoms with E-state index in [2.05, 4.69) is 15.3 Å². The smallest absolute Gasteiger partial charge is 0.254 e.